The van der Waals surface area contributed by atoms with Gasteiger partial charge in [0.05, 0.1) is 13.2 Å². The van der Waals surface area contributed by atoms with Crippen LogP contribution in [0.2, 0.25) is 0 Å². The average molecular weight is 198 g/mol. The maximum atomic E-state index is 5.53. The van der Waals surface area contributed by atoms with E-state index in [1.165, 1.54) is 24.4 Å². The lowest BCUT2D eigenvalue weighted by molar-refractivity contribution is -0.0797. The lowest BCUT2D eigenvalue weighted by Gasteiger charge is -2.24. The number of rotatable bonds is 3. The molecule has 0 bridgehead atoms. The molecule has 70 valence electrons. The number of aromatic nitrogens is 2. The van der Waals surface area contributed by atoms with Crippen LogP contribution < -0.4 is 4.74 Å². The quantitative estimate of drug-likeness (QED) is 0.732. The van der Waals surface area contributed by atoms with Gasteiger partial charge in [-0.1, -0.05) is 0 Å². The molecule has 0 radical (unpaired) electrons. The fraction of sp³-hybridized carbons (Fsp3) is 0.750. The minimum Gasteiger partial charge on any atom is -0.461 e. The van der Waals surface area contributed by atoms with Gasteiger partial charge in [-0.15, -0.1) is 0 Å². The second-order valence-electron chi connectivity index (χ2n) is 3.47. The molecule has 1 aliphatic heterocycles. The second-order valence-corrected chi connectivity index (χ2v) is 4.18. The van der Waals surface area contributed by atoms with Gasteiger partial charge in [0.15, 0.2) is 0 Å². The van der Waals surface area contributed by atoms with Crippen LogP contribution in [0.4, 0.5) is 0 Å². The molecule has 1 saturated carbocycles. The van der Waals surface area contributed by atoms with E-state index in [1.54, 1.807) is 0 Å². The van der Waals surface area contributed by atoms with Gasteiger partial charge in [-0.05, 0) is 12.8 Å². The Bertz CT molecular complexity index is 307. The summed E-state index contributed by atoms with van der Waals surface area (Å²) in [5.41, 5.74) is 0. The molecule has 0 spiro atoms. The van der Waals surface area contributed by atoms with Gasteiger partial charge in [-0.25, -0.2) is 0 Å². The molecular weight excluding hydrogens is 188 g/mol. The summed E-state index contributed by atoms with van der Waals surface area (Å²) < 4.78 is 14.8. The minimum absolute atomic E-state index is 0.208. The van der Waals surface area contributed by atoms with Gasteiger partial charge in [0, 0.05) is 17.5 Å². The van der Waals surface area contributed by atoms with E-state index in [1.807, 2.05) is 0 Å². The van der Waals surface area contributed by atoms with Crippen molar-refractivity contribution in [2.45, 2.75) is 24.9 Å². The summed E-state index contributed by atoms with van der Waals surface area (Å²) in [5, 5.41) is 0.704. The van der Waals surface area contributed by atoms with E-state index in [2.05, 4.69) is 9.36 Å². The highest BCUT2D eigenvalue weighted by atomic mass is 32.1. The minimum atomic E-state index is 0.208. The number of nitrogens with zero attached hydrogens (tertiary/aromatic N) is 2. The fourth-order valence-electron chi connectivity index (χ4n) is 1.20. The summed E-state index contributed by atoms with van der Waals surface area (Å²) in [6.07, 6.45) is 2.69. The van der Waals surface area contributed by atoms with E-state index in [0.29, 0.717) is 24.3 Å². The molecule has 1 saturated heterocycles. The molecule has 2 aliphatic rings. The summed E-state index contributed by atoms with van der Waals surface area (Å²) >= 11 is 1.36. The zero-order valence-corrected chi connectivity index (χ0v) is 7.92. The van der Waals surface area contributed by atoms with Gasteiger partial charge in [-0.2, -0.15) is 9.36 Å². The first-order chi connectivity index (χ1) is 6.42. The van der Waals surface area contributed by atoms with Gasteiger partial charge in [0.25, 0.3) is 5.19 Å². The van der Waals surface area contributed by atoms with Crippen molar-refractivity contribution >= 4 is 11.5 Å². The average Bonchev–Trinajstić information content (AvgIpc) is 2.80. The van der Waals surface area contributed by atoms with Crippen LogP contribution in [0.15, 0.2) is 0 Å². The third-order valence-corrected chi connectivity index (χ3v) is 2.86. The Labute approximate surface area is 80.1 Å². The van der Waals surface area contributed by atoms with E-state index >= 15 is 0 Å². The smallest absolute Gasteiger partial charge is 0.293 e. The van der Waals surface area contributed by atoms with Gasteiger partial charge in [0.1, 0.15) is 11.9 Å². The first-order valence-corrected chi connectivity index (χ1v) is 5.27. The van der Waals surface area contributed by atoms with Crippen LogP contribution in [0.25, 0.3) is 0 Å². The molecule has 13 heavy (non-hydrogen) atoms. The van der Waals surface area contributed by atoms with E-state index in [-0.39, 0.29) is 6.10 Å². The molecule has 4 nitrogen and oxygen atoms in total. The van der Waals surface area contributed by atoms with Gasteiger partial charge >= 0.3 is 0 Å². The highest BCUT2D eigenvalue weighted by Gasteiger charge is 2.29. The Hall–Kier alpha value is -0.680. The standard InChI is InChI=1S/C8H10N2O2S/c1-2-5(1)7-9-8(13-10-7)12-6-3-11-4-6/h5-6H,1-4H2. The van der Waals surface area contributed by atoms with Crippen molar-refractivity contribution in [3.8, 4) is 5.19 Å². The molecule has 2 fully saturated rings. The number of hydrogen-bond donors (Lipinski definition) is 0. The van der Waals surface area contributed by atoms with Crippen LogP contribution in [0.3, 0.4) is 0 Å². The predicted octanol–water partition coefficient (Wildman–Crippen LogP) is 1.19. The lowest BCUT2D eigenvalue weighted by Crippen LogP contribution is -2.38. The van der Waals surface area contributed by atoms with Crippen molar-refractivity contribution in [3.63, 3.8) is 0 Å². The molecule has 0 amide bonds. The third-order valence-electron chi connectivity index (χ3n) is 2.24. The molecule has 2 heterocycles. The first-order valence-electron chi connectivity index (χ1n) is 4.50. The third kappa shape index (κ3) is 1.53. The van der Waals surface area contributed by atoms with Gasteiger partial charge in [0.2, 0.25) is 0 Å². The summed E-state index contributed by atoms with van der Waals surface area (Å²) in [4.78, 5) is 4.32. The van der Waals surface area contributed by atoms with Crippen LogP contribution >= 0.6 is 11.5 Å². The Morgan fingerprint density at radius 1 is 1.38 bits per heavy atom. The van der Waals surface area contributed by atoms with Crippen molar-refractivity contribution in [1.82, 2.24) is 9.36 Å². The monoisotopic (exact) mass is 198 g/mol. The Kier molecular flexibility index (Phi) is 1.73. The Balaban J connectivity index is 1.66. The van der Waals surface area contributed by atoms with Crippen LogP contribution in [0.5, 0.6) is 5.19 Å². The molecular formula is C8H10N2O2S. The van der Waals surface area contributed by atoms with Gasteiger partial charge < -0.3 is 9.47 Å². The molecule has 1 aromatic rings. The molecule has 0 unspecified atom stereocenters. The van der Waals surface area contributed by atoms with E-state index < -0.39 is 0 Å². The van der Waals surface area contributed by atoms with Crippen molar-refractivity contribution in [2.75, 3.05) is 13.2 Å². The second kappa shape index (κ2) is 2.92. The van der Waals surface area contributed by atoms with Crippen LogP contribution in [-0.2, 0) is 4.74 Å². The molecule has 0 atom stereocenters. The van der Waals surface area contributed by atoms with Crippen LogP contribution in [-0.4, -0.2) is 28.7 Å². The van der Waals surface area contributed by atoms with E-state index in [4.69, 9.17) is 9.47 Å². The first kappa shape index (κ1) is 7.70. The molecule has 1 aliphatic carbocycles. The zero-order valence-electron chi connectivity index (χ0n) is 7.10. The maximum Gasteiger partial charge on any atom is 0.293 e. The Morgan fingerprint density at radius 2 is 2.23 bits per heavy atom. The molecule has 5 heteroatoms. The molecule has 3 rings (SSSR count). The van der Waals surface area contributed by atoms with E-state index in [9.17, 15) is 0 Å². The molecule has 1 aromatic heterocycles. The lowest BCUT2D eigenvalue weighted by atomic mass is 10.3. The van der Waals surface area contributed by atoms with Crippen LogP contribution in [0.1, 0.15) is 24.6 Å². The van der Waals surface area contributed by atoms with Crippen molar-refractivity contribution < 1.29 is 9.47 Å². The molecule has 0 aromatic carbocycles. The zero-order chi connectivity index (χ0) is 8.67. The summed E-state index contributed by atoms with van der Waals surface area (Å²) in [7, 11) is 0. The predicted molar refractivity (Wildman–Crippen MR) is 47.1 cm³/mol. The van der Waals surface area contributed by atoms with E-state index in [0.717, 1.165) is 5.82 Å². The van der Waals surface area contributed by atoms with Crippen LogP contribution in [0, 0.1) is 0 Å². The fourth-order valence-corrected chi connectivity index (χ4v) is 1.88. The highest BCUT2D eigenvalue weighted by Crippen LogP contribution is 2.39. The Morgan fingerprint density at radius 3 is 2.85 bits per heavy atom. The van der Waals surface area contributed by atoms with Crippen molar-refractivity contribution in [1.29, 1.82) is 0 Å². The molecule has 0 N–H and O–H groups in total. The normalized spacial score (nSPS) is 22.8. The summed E-state index contributed by atoms with van der Waals surface area (Å²) in [6, 6.07) is 0. The van der Waals surface area contributed by atoms with Gasteiger partial charge in [-0.3, -0.25) is 0 Å². The summed E-state index contributed by atoms with van der Waals surface area (Å²) in [5.74, 6) is 1.59. The maximum absolute atomic E-state index is 5.53. The largest absolute Gasteiger partial charge is 0.461 e. The topological polar surface area (TPSA) is 44.2 Å². The SMILES string of the molecule is C1OCC1Oc1nc(C2CC2)ns1. The number of hydrogen-bond acceptors (Lipinski definition) is 5. The summed E-state index contributed by atoms with van der Waals surface area (Å²) in [6.45, 7) is 1.39. The number of ether oxygens (including phenoxy) is 2. The highest BCUT2D eigenvalue weighted by molar-refractivity contribution is 7.07. The van der Waals surface area contributed by atoms with Crippen molar-refractivity contribution in [2.24, 2.45) is 0 Å². The van der Waals surface area contributed by atoms with Crippen molar-refractivity contribution in [3.05, 3.63) is 5.82 Å².